The van der Waals surface area contributed by atoms with Crippen molar-refractivity contribution < 1.29 is 26.4 Å². The van der Waals surface area contributed by atoms with E-state index in [4.69, 9.17) is 0 Å². The minimum Gasteiger partial charge on any atom is -0.352 e. The molecule has 2 atom stereocenters. The van der Waals surface area contributed by atoms with Crippen molar-refractivity contribution in [2.75, 3.05) is 13.1 Å². The Kier molecular flexibility index (Phi) is 4.26. The first-order valence-electron chi connectivity index (χ1n) is 5.39. The third-order valence-corrected chi connectivity index (χ3v) is 4.54. The molecule has 1 rings (SSSR count). The van der Waals surface area contributed by atoms with E-state index >= 15 is 0 Å². The summed E-state index contributed by atoms with van der Waals surface area (Å²) >= 11 is 0. The quantitative estimate of drug-likeness (QED) is 0.812. The molecule has 0 aliphatic carbocycles. The Balaban J connectivity index is 2.86. The molecule has 9 heteroatoms. The smallest absolute Gasteiger partial charge is 0.352 e. The SMILES string of the molecule is CC(=O)N[C@H]1CN(S(=O)(=O)C(F)(F)F)CC[C@H]1C. The first kappa shape index (κ1) is 15.2. The Hall–Kier alpha value is -0.830. The van der Waals surface area contributed by atoms with Crippen LogP contribution in [0.1, 0.15) is 20.3 Å². The van der Waals surface area contributed by atoms with Gasteiger partial charge in [0.1, 0.15) is 0 Å². The molecule has 0 aromatic heterocycles. The highest BCUT2D eigenvalue weighted by Gasteiger charge is 2.51. The van der Waals surface area contributed by atoms with Gasteiger partial charge in [0.25, 0.3) is 0 Å². The van der Waals surface area contributed by atoms with Gasteiger partial charge in [-0.2, -0.15) is 17.5 Å². The number of sulfonamides is 1. The van der Waals surface area contributed by atoms with Crippen molar-refractivity contribution in [3.63, 3.8) is 0 Å². The summed E-state index contributed by atoms with van der Waals surface area (Å²) in [6, 6.07) is -0.589. The van der Waals surface area contributed by atoms with E-state index in [0.717, 1.165) is 0 Å². The zero-order valence-electron chi connectivity index (χ0n) is 9.99. The van der Waals surface area contributed by atoms with Gasteiger partial charge in [-0.25, -0.2) is 8.42 Å². The second-order valence-electron chi connectivity index (χ2n) is 4.38. The Labute approximate surface area is 103 Å². The molecule has 0 aromatic rings. The zero-order valence-corrected chi connectivity index (χ0v) is 10.8. The molecular weight excluding hydrogens is 273 g/mol. The van der Waals surface area contributed by atoms with E-state index in [2.05, 4.69) is 5.32 Å². The molecule has 5 nitrogen and oxygen atoms in total. The Bertz CT molecular complexity index is 421. The molecular formula is C9H15F3N2O3S. The van der Waals surface area contributed by atoms with E-state index in [1.165, 1.54) is 6.92 Å². The first-order chi connectivity index (χ1) is 8.05. The Morgan fingerprint density at radius 2 is 1.94 bits per heavy atom. The van der Waals surface area contributed by atoms with Crippen molar-refractivity contribution in [2.24, 2.45) is 5.92 Å². The number of amides is 1. The summed E-state index contributed by atoms with van der Waals surface area (Å²) in [5, 5.41) is 2.47. The highest BCUT2D eigenvalue weighted by molar-refractivity contribution is 7.90. The number of halogens is 3. The largest absolute Gasteiger partial charge is 0.511 e. The maximum atomic E-state index is 12.4. The minimum atomic E-state index is -5.31. The van der Waals surface area contributed by atoms with Crippen molar-refractivity contribution in [3.05, 3.63) is 0 Å². The molecule has 1 aliphatic rings. The average molecular weight is 288 g/mol. The van der Waals surface area contributed by atoms with Gasteiger partial charge in [-0.05, 0) is 12.3 Å². The molecule has 1 fully saturated rings. The van der Waals surface area contributed by atoms with E-state index < -0.39 is 27.5 Å². The van der Waals surface area contributed by atoms with Crippen molar-refractivity contribution in [1.29, 1.82) is 0 Å². The molecule has 0 radical (unpaired) electrons. The van der Waals surface area contributed by atoms with Crippen LogP contribution in [-0.2, 0) is 14.8 Å². The van der Waals surface area contributed by atoms with E-state index in [9.17, 15) is 26.4 Å². The molecule has 106 valence electrons. The molecule has 1 aliphatic heterocycles. The molecule has 1 amide bonds. The number of alkyl halides is 3. The van der Waals surface area contributed by atoms with Crippen LogP contribution in [0.2, 0.25) is 0 Å². The lowest BCUT2D eigenvalue weighted by molar-refractivity contribution is -0.120. The minimum absolute atomic E-state index is 0.0615. The fourth-order valence-corrected chi connectivity index (χ4v) is 2.85. The van der Waals surface area contributed by atoms with Crippen LogP contribution in [0.5, 0.6) is 0 Å². The van der Waals surface area contributed by atoms with E-state index in [1.807, 2.05) is 0 Å². The summed E-state index contributed by atoms with van der Waals surface area (Å²) in [6.45, 7) is 2.48. The lowest BCUT2D eigenvalue weighted by Crippen LogP contribution is -2.55. The second kappa shape index (κ2) is 5.04. The number of carbonyl (C=O) groups is 1. The van der Waals surface area contributed by atoms with Gasteiger partial charge in [0, 0.05) is 26.1 Å². The van der Waals surface area contributed by atoms with Crippen molar-refractivity contribution in [1.82, 2.24) is 9.62 Å². The van der Waals surface area contributed by atoms with Crippen LogP contribution in [-0.4, -0.2) is 43.3 Å². The van der Waals surface area contributed by atoms with Crippen LogP contribution in [0.15, 0.2) is 0 Å². The predicted molar refractivity (Wildman–Crippen MR) is 57.9 cm³/mol. The van der Waals surface area contributed by atoms with Crippen LogP contribution < -0.4 is 5.32 Å². The van der Waals surface area contributed by atoms with E-state index in [-0.39, 0.29) is 25.4 Å². The lowest BCUT2D eigenvalue weighted by Gasteiger charge is -2.36. The summed E-state index contributed by atoms with van der Waals surface area (Å²) in [5.74, 6) is -0.452. The van der Waals surface area contributed by atoms with Crippen molar-refractivity contribution in [3.8, 4) is 0 Å². The topological polar surface area (TPSA) is 66.5 Å². The molecule has 0 spiro atoms. The van der Waals surface area contributed by atoms with Gasteiger partial charge in [0.2, 0.25) is 5.91 Å². The van der Waals surface area contributed by atoms with Crippen LogP contribution in [0.3, 0.4) is 0 Å². The van der Waals surface area contributed by atoms with Gasteiger partial charge in [-0.1, -0.05) is 6.92 Å². The predicted octanol–water partition coefficient (Wildman–Crippen LogP) is 0.682. The highest BCUT2D eigenvalue weighted by Crippen LogP contribution is 2.30. The Morgan fingerprint density at radius 1 is 1.39 bits per heavy atom. The number of rotatable bonds is 2. The maximum Gasteiger partial charge on any atom is 0.511 e. The number of nitrogens with one attached hydrogen (secondary N) is 1. The Morgan fingerprint density at radius 3 is 2.39 bits per heavy atom. The molecule has 0 bridgehead atoms. The molecule has 0 saturated carbocycles. The van der Waals surface area contributed by atoms with E-state index in [1.54, 1.807) is 6.92 Å². The van der Waals surface area contributed by atoms with Gasteiger partial charge < -0.3 is 5.32 Å². The van der Waals surface area contributed by atoms with Crippen LogP contribution in [0.4, 0.5) is 13.2 Å². The summed E-state index contributed by atoms with van der Waals surface area (Å²) in [5.41, 5.74) is -5.30. The summed E-state index contributed by atoms with van der Waals surface area (Å²) in [4.78, 5) is 10.9. The molecule has 1 saturated heterocycles. The van der Waals surface area contributed by atoms with Crippen LogP contribution in [0, 0.1) is 5.92 Å². The zero-order chi connectivity index (χ0) is 14.1. The first-order valence-corrected chi connectivity index (χ1v) is 6.83. The second-order valence-corrected chi connectivity index (χ2v) is 6.31. The monoisotopic (exact) mass is 288 g/mol. The number of carbonyl (C=O) groups excluding carboxylic acids is 1. The fourth-order valence-electron chi connectivity index (χ4n) is 1.85. The number of piperidine rings is 1. The molecule has 0 aromatic carbocycles. The molecule has 1 heterocycles. The van der Waals surface area contributed by atoms with Crippen molar-refractivity contribution in [2.45, 2.75) is 31.8 Å². The number of hydrogen-bond donors (Lipinski definition) is 1. The lowest BCUT2D eigenvalue weighted by atomic mass is 9.95. The maximum absolute atomic E-state index is 12.4. The van der Waals surface area contributed by atoms with Gasteiger partial charge in [-0.3, -0.25) is 4.79 Å². The van der Waals surface area contributed by atoms with E-state index in [0.29, 0.717) is 4.31 Å². The summed E-state index contributed by atoms with van der Waals surface area (Å²) in [7, 11) is -5.31. The van der Waals surface area contributed by atoms with Gasteiger partial charge in [0.05, 0.1) is 0 Å². The third-order valence-electron chi connectivity index (χ3n) is 2.94. The van der Waals surface area contributed by atoms with Gasteiger partial charge >= 0.3 is 15.5 Å². The van der Waals surface area contributed by atoms with Crippen molar-refractivity contribution >= 4 is 15.9 Å². The van der Waals surface area contributed by atoms with Gasteiger partial charge in [-0.15, -0.1) is 0 Å². The average Bonchev–Trinajstić information content (AvgIpc) is 2.18. The highest BCUT2D eigenvalue weighted by atomic mass is 32.2. The molecule has 1 N–H and O–H groups in total. The standard InChI is InChI=1S/C9H15F3N2O3S/c1-6-3-4-14(5-8(6)13-7(2)15)18(16,17)9(10,11)12/h6,8H,3-5H2,1-2H3,(H,13,15)/t6-,8+/m1/s1. The summed E-state index contributed by atoms with van der Waals surface area (Å²) in [6.07, 6.45) is 0.278. The van der Waals surface area contributed by atoms with Crippen LogP contribution >= 0.6 is 0 Å². The normalized spacial score (nSPS) is 26.9. The fraction of sp³-hybridized carbons (Fsp3) is 0.889. The number of nitrogens with zero attached hydrogens (tertiary/aromatic N) is 1. The van der Waals surface area contributed by atoms with Crippen LogP contribution in [0.25, 0.3) is 0 Å². The summed E-state index contributed by atoms with van der Waals surface area (Å²) < 4.78 is 60.0. The molecule has 0 unspecified atom stereocenters. The number of hydrogen-bond acceptors (Lipinski definition) is 3. The molecule has 18 heavy (non-hydrogen) atoms. The van der Waals surface area contributed by atoms with Gasteiger partial charge in [0.15, 0.2) is 0 Å². The third kappa shape index (κ3) is 3.14.